The van der Waals surface area contributed by atoms with Gasteiger partial charge in [0.15, 0.2) is 5.79 Å². The van der Waals surface area contributed by atoms with Crippen molar-refractivity contribution in [3.63, 3.8) is 0 Å². The Labute approximate surface area is 113 Å². The van der Waals surface area contributed by atoms with Gasteiger partial charge in [-0.1, -0.05) is 6.07 Å². The Morgan fingerprint density at radius 1 is 1.26 bits per heavy atom. The Bertz CT molecular complexity index is 450. The van der Waals surface area contributed by atoms with Gasteiger partial charge in [0.1, 0.15) is 0 Å². The van der Waals surface area contributed by atoms with Gasteiger partial charge >= 0.3 is 0 Å². The fourth-order valence-corrected chi connectivity index (χ4v) is 1.90. The maximum atomic E-state index is 11.0. The second-order valence-electron chi connectivity index (χ2n) is 5.13. The van der Waals surface area contributed by atoms with Crippen LogP contribution in [-0.2, 0) is 14.3 Å². The van der Waals surface area contributed by atoms with Crippen LogP contribution in [-0.4, -0.2) is 30.9 Å². The van der Waals surface area contributed by atoms with E-state index >= 15 is 0 Å². The molecule has 104 valence electrons. The minimum absolute atomic E-state index is 0.0803. The molecule has 0 saturated carbocycles. The van der Waals surface area contributed by atoms with Crippen LogP contribution in [0.4, 0.5) is 11.4 Å². The topological polar surface area (TPSA) is 59.6 Å². The van der Waals surface area contributed by atoms with Gasteiger partial charge in [-0.2, -0.15) is 0 Å². The molecule has 5 heteroatoms. The van der Waals surface area contributed by atoms with Gasteiger partial charge in [0, 0.05) is 18.3 Å². The number of benzene rings is 1. The van der Waals surface area contributed by atoms with Gasteiger partial charge in [-0.05, 0) is 32.0 Å². The first kappa shape index (κ1) is 13.8. The molecule has 19 heavy (non-hydrogen) atoms. The van der Waals surface area contributed by atoms with E-state index < -0.39 is 5.79 Å². The van der Waals surface area contributed by atoms with E-state index in [2.05, 4.69) is 10.6 Å². The van der Waals surface area contributed by atoms with Crippen LogP contribution in [0.2, 0.25) is 0 Å². The Balaban J connectivity index is 1.94. The summed E-state index contributed by atoms with van der Waals surface area (Å²) in [6, 6.07) is 7.69. The lowest BCUT2D eigenvalue weighted by molar-refractivity contribution is -0.247. The molecular formula is C14H20N2O3. The fraction of sp³-hybridized carbons (Fsp3) is 0.500. The SMILES string of the molecule is CC(=O)Nc1cccc(NC2COC(C)(C)OC2)c1. The van der Waals surface area contributed by atoms with E-state index in [9.17, 15) is 4.79 Å². The fourth-order valence-electron chi connectivity index (χ4n) is 1.90. The van der Waals surface area contributed by atoms with Crippen molar-refractivity contribution in [1.29, 1.82) is 0 Å². The molecule has 1 aromatic carbocycles. The molecule has 1 saturated heterocycles. The predicted molar refractivity (Wildman–Crippen MR) is 74.1 cm³/mol. The molecule has 0 radical (unpaired) electrons. The zero-order valence-corrected chi connectivity index (χ0v) is 11.5. The highest BCUT2D eigenvalue weighted by Crippen LogP contribution is 2.21. The predicted octanol–water partition coefficient (Wildman–Crippen LogP) is 2.21. The molecule has 1 fully saturated rings. The molecule has 1 amide bonds. The number of hydrogen-bond donors (Lipinski definition) is 2. The van der Waals surface area contributed by atoms with Crippen molar-refractivity contribution in [1.82, 2.24) is 0 Å². The average molecular weight is 264 g/mol. The van der Waals surface area contributed by atoms with Crippen LogP contribution in [0.15, 0.2) is 24.3 Å². The van der Waals surface area contributed by atoms with E-state index in [1.165, 1.54) is 6.92 Å². The first-order valence-electron chi connectivity index (χ1n) is 6.37. The summed E-state index contributed by atoms with van der Waals surface area (Å²) in [7, 11) is 0. The van der Waals surface area contributed by atoms with Crippen LogP contribution in [0, 0.1) is 0 Å². The number of rotatable bonds is 3. The molecule has 1 aliphatic heterocycles. The molecule has 0 unspecified atom stereocenters. The zero-order chi connectivity index (χ0) is 13.9. The summed E-state index contributed by atoms with van der Waals surface area (Å²) >= 11 is 0. The average Bonchev–Trinajstić information content (AvgIpc) is 2.32. The van der Waals surface area contributed by atoms with E-state index in [1.54, 1.807) is 0 Å². The van der Waals surface area contributed by atoms with Crippen molar-refractivity contribution >= 4 is 17.3 Å². The summed E-state index contributed by atoms with van der Waals surface area (Å²) in [5.74, 6) is -0.584. The summed E-state index contributed by atoms with van der Waals surface area (Å²) in [5, 5.41) is 6.09. The van der Waals surface area contributed by atoms with Gasteiger partial charge < -0.3 is 20.1 Å². The van der Waals surface area contributed by atoms with E-state index in [0.29, 0.717) is 13.2 Å². The highest BCUT2D eigenvalue weighted by Gasteiger charge is 2.28. The number of ether oxygens (including phenoxy) is 2. The highest BCUT2D eigenvalue weighted by atomic mass is 16.7. The van der Waals surface area contributed by atoms with E-state index in [-0.39, 0.29) is 11.9 Å². The van der Waals surface area contributed by atoms with Gasteiger partial charge in [0.25, 0.3) is 0 Å². The smallest absolute Gasteiger partial charge is 0.221 e. The van der Waals surface area contributed by atoms with Gasteiger partial charge in [0.05, 0.1) is 19.3 Å². The Hall–Kier alpha value is -1.59. The summed E-state index contributed by atoms with van der Waals surface area (Å²) in [5.41, 5.74) is 1.71. The number of nitrogens with one attached hydrogen (secondary N) is 2. The molecule has 0 spiro atoms. The first-order chi connectivity index (χ1) is 8.94. The van der Waals surface area contributed by atoms with E-state index in [0.717, 1.165) is 11.4 Å². The molecule has 2 N–H and O–H groups in total. The summed E-state index contributed by atoms with van der Waals surface area (Å²) in [4.78, 5) is 11.0. The third kappa shape index (κ3) is 4.22. The number of amides is 1. The molecule has 0 atom stereocenters. The Morgan fingerprint density at radius 3 is 2.53 bits per heavy atom. The number of hydrogen-bond acceptors (Lipinski definition) is 4. The number of carbonyl (C=O) groups is 1. The molecule has 0 bridgehead atoms. The van der Waals surface area contributed by atoms with Crippen LogP contribution >= 0.6 is 0 Å². The van der Waals surface area contributed by atoms with Crippen molar-refractivity contribution in [2.45, 2.75) is 32.6 Å². The minimum Gasteiger partial charge on any atom is -0.378 e. The summed E-state index contributed by atoms with van der Waals surface area (Å²) in [6.45, 7) is 6.49. The normalized spacial score (nSPS) is 18.9. The lowest BCUT2D eigenvalue weighted by Crippen LogP contribution is -2.45. The molecule has 5 nitrogen and oxygen atoms in total. The van der Waals surface area contributed by atoms with Crippen molar-refractivity contribution in [3.05, 3.63) is 24.3 Å². The van der Waals surface area contributed by atoms with Crippen LogP contribution in [0.25, 0.3) is 0 Å². The first-order valence-corrected chi connectivity index (χ1v) is 6.37. The standard InChI is InChI=1S/C14H20N2O3/c1-10(17)15-11-5-4-6-12(7-11)16-13-8-18-14(2,3)19-9-13/h4-7,13,16H,8-9H2,1-3H3,(H,15,17). The summed E-state index contributed by atoms with van der Waals surface area (Å²) in [6.07, 6.45) is 0. The van der Waals surface area contributed by atoms with E-state index in [1.807, 2.05) is 38.1 Å². The maximum absolute atomic E-state index is 11.0. The zero-order valence-electron chi connectivity index (χ0n) is 11.5. The molecule has 0 aromatic heterocycles. The van der Waals surface area contributed by atoms with Gasteiger partial charge in [-0.25, -0.2) is 0 Å². The van der Waals surface area contributed by atoms with E-state index in [4.69, 9.17) is 9.47 Å². The minimum atomic E-state index is -0.504. The monoisotopic (exact) mass is 264 g/mol. The van der Waals surface area contributed by atoms with Crippen LogP contribution < -0.4 is 10.6 Å². The Kier molecular flexibility index (Phi) is 4.07. The Morgan fingerprint density at radius 2 is 1.89 bits per heavy atom. The van der Waals surface area contributed by atoms with Gasteiger partial charge in [-0.3, -0.25) is 4.79 Å². The summed E-state index contributed by atoms with van der Waals surface area (Å²) < 4.78 is 11.2. The number of anilines is 2. The van der Waals surface area contributed by atoms with Crippen molar-refractivity contribution in [3.8, 4) is 0 Å². The van der Waals surface area contributed by atoms with Crippen LogP contribution in [0.1, 0.15) is 20.8 Å². The second-order valence-corrected chi connectivity index (χ2v) is 5.13. The lowest BCUT2D eigenvalue weighted by Gasteiger charge is -2.35. The molecule has 1 heterocycles. The quantitative estimate of drug-likeness (QED) is 0.878. The van der Waals surface area contributed by atoms with Crippen molar-refractivity contribution in [2.24, 2.45) is 0 Å². The molecular weight excluding hydrogens is 244 g/mol. The molecule has 0 aliphatic carbocycles. The highest BCUT2D eigenvalue weighted by molar-refractivity contribution is 5.89. The molecule has 2 rings (SSSR count). The largest absolute Gasteiger partial charge is 0.378 e. The number of carbonyl (C=O) groups excluding carboxylic acids is 1. The third-order valence-corrected chi connectivity index (χ3v) is 2.82. The van der Waals surface area contributed by atoms with Crippen LogP contribution in [0.3, 0.4) is 0 Å². The lowest BCUT2D eigenvalue weighted by atomic mass is 10.2. The maximum Gasteiger partial charge on any atom is 0.221 e. The van der Waals surface area contributed by atoms with Gasteiger partial charge in [0.2, 0.25) is 5.91 Å². The van der Waals surface area contributed by atoms with Crippen molar-refractivity contribution in [2.75, 3.05) is 23.8 Å². The molecule has 1 aromatic rings. The van der Waals surface area contributed by atoms with Gasteiger partial charge in [-0.15, -0.1) is 0 Å². The van der Waals surface area contributed by atoms with Crippen molar-refractivity contribution < 1.29 is 14.3 Å². The van der Waals surface area contributed by atoms with Crippen LogP contribution in [0.5, 0.6) is 0 Å². The second kappa shape index (κ2) is 5.59. The third-order valence-electron chi connectivity index (χ3n) is 2.82. The molecule has 1 aliphatic rings.